The summed E-state index contributed by atoms with van der Waals surface area (Å²) >= 11 is 0. The molecular weight excluding hydrogens is 582 g/mol. The Labute approximate surface area is 271 Å². The summed E-state index contributed by atoms with van der Waals surface area (Å²) in [5.41, 5.74) is 0. The van der Waals surface area contributed by atoms with Crippen molar-refractivity contribution >= 4 is 5.97 Å². The Bertz CT molecular complexity index is 681. The minimum atomic E-state index is -1.41. The highest BCUT2D eigenvalue weighted by atomic mass is 16.7. The van der Waals surface area contributed by atoms with Gasteiger partial charge in [0.1, 0.15) is 24.4 Å². The predicted octanol–water partition coefficient (Wildman–Crippen LogP) is 0.249. The van der Waals surface area contributed by atoms with Crippen LogP contribution in [0.25, 0.3) is 0 Å². The summed E-state index contributed by atoms with van der Waals surface area (Å²) in [6, 6.07) is 0. The number of ether oxygens (including phenoxy) is 2. The van der Waals surface area contributed by atoms with E-state index < -0.39 is 43.3 Å². The van der Waals surface area contributed by atoms with Gasteiger partial charge >= 0.3 is 5.97 Å². The van der Waals surface area contributed by atoms with Crippen LogP contribution in [0.3, 0.4) is 0 Å². The highest BCUT2D eigenvalue weighted by Crippen LogP contribution is 2.22. The van der Waals surface area contributed by atoms with Gasteiger partial charge in [0.05, 0.1) is 13.2 Å². The summed E-state index contributed by atoms with van der Waals surface area (Å²) in [6.07, 6.45) is 5.94. The zero-order valence-electron chi connectivity index (χ0n) is 28.0. The standard InChI is InChI=1S/C32H67N5O8/c1-2-22-37(24-12-25-44-32-31(43)30(42)29(41)27(26-38)45-32)23-11-4-3-7-14-33-16-9-10-17-35-19-21-36-20-18-34-15-8-5-6-13-28(39)40/h27,29-36,38,41-43H,2-26H2,1H3,(H,39,40)/t27-,29-,30+,31+,32+/m1/s1. The van der Waals surface area contributed by atoms with Crippen LogP contribution >= 0.6 is 0 Å². The number of carboxylic acid groups (broad SMARTS) is 1. The minimum absolute atomic E-state index is 0.274. The van der Waals surface area contributed by atoms with Crippen molar-refractivity contribution in [2.75, 3.05) is 85.2 Å². The molecule has 1 rings (SSSR count). The van der Waals surface area contributed by atoms with Crippen molar-refractivity contribution in [1.82, 2.24) is 26.2 Å². The van der Waals surface area contributed by atoms with Gasteiger partial charge in [0.2, 0.25) is 0 Å². The Kier molecular flexibility index (Phi) is 27.3. The number of nitrogens with zero attached hydrogens (tertiary/aromatic N) is 1. The van der Waals surface area contributed by atoms with Crippen LogP contribution in [-0.4, -0.2) is 152 Å². The molecule has 1 saturated heterocycles. The van der Waals surface area contributed by atoms with E-state index >= 15 is 0 Å². The van der Waals surface area contributed by atoms with Crippen LogP contribution < -0.4 is 21.3 Å². The monoisotopic (exact) mass is 649 g/mol. The molecule has 0 bridgehead atoms. The summed E-state index contributed by atoms with van der Waals surface area (Å²) in [5, 5.41) is 61.6. The van der Waals surface area contributed by atoms with Gasteiger partial charge in [-0.25, -0.2) is 0 Å². The molecule has 0 saturated carbocycles. The summed E-state index contributed by atoms with van der Waals surface area (Å²) in [6.45, 7) is 13.0. The second-order valence-corrected chi connectivity index (χ2v) is 12.1. The quantitative estimate of drug-likeness (QED) is 0.0452. The first-order valence-electron chi connectivity index (χ1n) is 17.6. The van der Waals surface area contributed by atoms with Gasteiger partial charge in [0.25, 0.3) is 0 Å². The zero-order valence-corrected chi connectivity index (χ0v) is 28.0. The number of aliphatic carboxylic acids is 1. The molecule has 13 heteroatoms. The molecule has 45 heavy (non-hydrogen) atoms. The smallest absolute Gasteiger partial charge is 0.303 e. The highest BCUT2D eigenvalue weighted by Gasteiger charge is 2.43. The van der Waals surface area contributed by atoms with Crippen LogP contribution in [-0.2, 0) is 14.3 Å². The van der Waals surface area contributed by atoms with Crippen molar-refractivity contribution in [3.05, 3.63) is 0 Å². The summed E-state index contributed by atoms with van der Waals surface area (Å²) in [5.74, 6) is -0.706. The molecule has 1 heterocycles. The number of hydrogen-bond donors (Lipinski definition) is 9. The Hall–Kier alpha value is -0.970. The molecule has 5 atom stereocenters. The maximum absolute atomic E-state index is 10.5. The van der Waals surface area contributed by atoms with Crippen LogP contribution in [0.1, 0.15) is 84.0 Å². The number of aliphatic hydroxyl groups excluding tert-OH is 4. The third-order valence-electron chi connectivity index (χ3n) is 8.03. The lowest BCUT2D eigenvalue weighted by molar-refractivity contribution is -0.301. The third-order valence-corrected chi connectivity index (χ3v) is 8.03. The van der Waals surface area contributed by atoms with Crippen molar-refractivity contribution in [3.63, 3.8) is 0 Å². The highest BCUT2D eigenvalue weighted by molar-refractivity contribution is 5.66. The van der Waals surface area contributed by atoms with E-state index in [2.05, 4.69) is 33.1 Å². The average Bonchev–Trinajstić information content (AvgIpc) is 3.03. The molecule has 0 radical (unpaired) electrons. The Morgan fingerprint density at radius 1 is 0.667 bits per heavy atom. The van der Waals surface area contributed by atoms with Crippen molar-refractivity contribution < 1.29 is 39.8 Å². The molecular formula is C32H67N5O8. The molecule has 0 amide bonds. The van der Waals surface area contributed by atoms with Crippen LogP contribution in [0.5, 0.6) is 0 Å². The van der Waals surface area contributed by atoms with E-state index in [-0.39, 0.29) is 6.42 Å². The first-order chi connectivity index (χ1) is 21.9. The van der Waals surface area contributed by atoms with Gasteiger partial charge in [-0.1, -0.05) is 26.2 Å². The van der Waals surface area contributed by atoms with Crippen molar-refractivity contribution in [2.24, 2.45) is 0 Å². The molecule has 0 aromatic heterocycles. The number of rotatable bonds is 32. The van der Waals surface area contributed by atoms with Crippen molar-refractivity contribution in [3.8, 4) is 0 Å². The third kappa shape index (κ3) is 22.3. The lowest BCUT2D eigenvalue weighted by Crippen LogP contribution is -2.59. The van der Waals surface area contributed by atoms with Gasteiger partial charge in [-0.05, 0) is 90.6 Å². The predicted molar refractivity (Wildman–Crippen MR) is 176 cm³/mol. The molecule has 0 spiro atoms. The maximum Gasteiger partial charge on any atom is 0.303 e. The zero-order chi connectivity index (χ0) is 33.0. The second kappa shape index (κ2) is 29.2. The molecule has 268 valence electrons. The van der Waals surface area contributed by atoms with Crippen LogP contribution in [0.15, 0.2) is 0 Å². The molecule has 1 aliphatic heterocycles. The molecule has 13 nitrogen and oxygen atoms in total. The van der Waals surface area contributed by atoms with Gasteiger partial charge in [-0.2, -0.15) is 0 Å². The fraction of sp³-hybridized carbons (Fsp3) is 0.969. The van der Waals surface area contributed by atoms with E-state index in [4.69, 9.17) is 14.6 Å². The topological polar surface area (TPSA) is 188 Å². The molecule has 1 fully saturated rings. The maximum atomic E-state index is 10.5. The van der Waals surface area contributed by atoms with E-state index in [1.165, 1.54) is 38.5 Å². The summed E-state index contributed by atoms with van der Waals surface area (Å²) < 4.78 is 11.0. The minimum Gasteiger partial charge on any atom is -0.481 e. The molecule has 0 aromatic rings. The van der Waals surface area contributed by atoms with Crippen LogP contribution in [0.4, 0.5) is 0 Å². The lowest BCUT2D eigenvalue weighted by Gasteiger charge is -2.39. The van der Waals surface area contributed by atoms with Gasteiger partial charge in [0.15, 0.2) is 6.29 Å². The van der Waals surface area contributed by atoms with Crippen LogP contribution in [0.2, 0.25) is 0 Å². The Balaban J connectivity index is 1.87. The molecule has 0 aromatic carbocycles. The number of aliphatic hydroxyl groups is 4. The molecule has 0 aliphatic carbocycles. The second-order valence-electron chi connectivity index (χ2n) is 12.1. The average molecular weight is 650 g/mol. The van der Waals surface area contributed by atoms with Gasteiger partial charge in [-0.15, -0.1) is 0 Å². The first-order valence-corrected chi connectivity index (χ1v) is 17.6. The fourth-order valence-corrected chi connectivity index (χ4v) is 5.34. The number of unbranched alkanes of at least 4 members (excludes halogenated alkanes) is 6. The van der Waals surface area contributed by atoms with Crippen LogP contribution in [0, 0.1) is 0 Å². The summed E-state index contributed by atoms with van der Waals surface area (Å²) in [7, 11) is 0. The summed E-state index contributed by atoms with van der Waals surface area (Å²) in [4.78, 5) is 12.9. The first kappa shape index (κ1) is 42.1. The number of carboxylic acids is 1. The number of carbonyl (C=O) groups is 1. The van der Waals surface area contributed by atoms with Crippen molar-refractivity contribution in [1.29, 1.82) is 0 Å². The molecule has 1 aliphatic rings. The van der Waals surface area contributed by atoms with E-state index in [9.17, 15) is 25.2 Å². The van der Waals surface area contributed by atoms with E-state index in [0.717, 1.165) is 104 Å². The van der Waals surface area contributed by atoms with Gasteiger partial charge in [-0.3, -0.25) is 4.79 Å². The van der Waals surface area contributed by atoms with E-state index in [0.29, 0.717) is 6.61 Å². The van der Waals surface area contributed by atoms with Gasteiger partial charge < -0.3 is 61.2 Å². The molecule has 9 N–H and O–H groups in total. The van der Waals surface area contributed by atoms with Gasteiger partial charge in [0, 0.05) is 39.1 Å². The molecule has 0 unspecified atom stereocenters. The van der Waals surface area contributed by atoms with E-state index in [1.54, 1.807) is 0 Å². The number of nitrogens with one attached hydrogen (secondary N) is 4. The lowest BCUT2D eigenvalue weighted by atomic mass is 9.99. The van der Waals surface area contributed by atoms with Crippen molar-refractivity contribution in [2.45, 2.75) is 115 Å². The number of hydrogen-bond acceptors (Lipinski definition) is 12. The SMILES string of the molecule is CCCN(CCCCCCNCCCCNCCNCCNCCCCCC(=O)O)CCCO[C@H]1O[C@H](CO)[C@@H](O)[C@H](O)[C@@H]1O. The Morgan fingerprint density at radius 2 is 1.18 bits per heavy atom. The largest absolute Gasteiger partial charge is 0.481 e. The normalized spacial score (nSPS) is 22.0. The fourth-order valence-electron chi connectivity index (χ4n) is 5.34. The van der Waals surface area contributed by atoms with E-state index in [1.807, 2.05) is 0 Å². The Morgan fingerprint density at radius 3 is 1.76 bits per heavy atom.